The zero-order chi connectivity index (χ0) is 21.2. The molecular formula is C20H35NO6Si. The Morgan fingerprint density at radius 3 is 2.39 bits per heavy atom. The second-order valence-corrected chi connectivity index (χ2v) is 14.1. The summed E-state index contributed by atoms with van der Waals surface area (Å²) in [5.41, 5.74) is -1.70. The predicted molar refractivity (Wildman–Crippen MR) is 106 cm³/mol. The van der Waals surface area contributed by atoms with Crippen LogP contribution in [0.5, 0.6) is 0 Å². The number of aliphatic hydroxyl groups is 1. The van der Waals surface area contributed by atoms with Crippen LogP contribution in [0.25, 0.3) is 0 Å². The molecule has 3 atom stereocenters. The number of carbonyl (C=O) groups excluding carboxylic acids is 1. The van der Waals surface area contributed by atoms with E-state index >= 15 is 0 Å². The van der Waals surface area contributed by atoms with Gasteiger partial charge in [0, 0.05) is 18.8 Å². The Labute approximate surface area is 169 Å². The third-order valence-electron chi connectivity index (χ3n) is 6.58. The summed E-state index contributed by atoms with van der Waals surface area (Å²) in [5.74, 6) is -2.10. The van der Waals surface area contributed by atoms with Crippen molar-refractivity contribution in [2.24, 2.45) is 11.3 Å². The van der Waals surface area contributed by atoms with Gasteiger partial charge in [0.1, 0.15) is 0 Å². The molecule has 28 heavy (non-hydrogen) atoms. The quantitative estimate of drug-likeness (QED) is 0.528. The molecule has 0 aromatic heterocycles. The van der Waals surface area contributed by atoms with E-state index in [0.29, 0.717) is 32.5 Å². The summed E-state index contributed by atoms with van der Waals surface area (Å²) in [7, 11) is -2.17. The minimum absolute atomic E-state index is 0.0223. The normalized spacial score (nSPS) is 27.2. The van der Waals surface area contributed by atoms with Crippen LogP contribution in [0.15, 0.2) is 0 Å². The van der Waals surface area contributed by atoms with Gasteiger partial charge in [-0.15, -0.1) is 0 Å². The SMILES string of the molecule is CCOC(=O)C(C#N)(CO)[C@@H]1CC2(CC[C@@H]1O[Si](C)(C)C(C)(C)C)OCCO2. The van der Waals surface area contributed by atoms with Crippen molar-refractivity contribution in [2.45, 2.75) is 77.0 Å². The van der Waals surface area contributed by atoms with Crippen LogP contribution in [0.4, 0.5) is 0 Å². The number of nitriles is 1. The van der Waals surface area contributed by atoms with Crippen molar-refractivity contribution in [1.82, 2.24) is 0 Å². The minimum Gasteiger partial charge on any atom is -0.465 e. The molecule has 2 aliphatic rings. The van der Waals surface area contributed by atoms with Crippen LogP contribution in [-0.2, 0) is 23.4 Å². The molecule has 160 valence electrons. The van der Waals surface area contributed by atoms with E-state index in [1.165, 1.54) is 0 Å². The van der Waals surface area contributed by atoms with E-state index in [0.717, 1.165) is 0 Å². The van der Waals surface area contributed by atoms with Gasteiger partial charge in [0.05, 0.1) is 38.6 Å². The van der Waals surface area contributed by atoms with Crippen LogP contribution in [0.3, 0.4) is 0 Å². The van der Waals surface area contributed by atoms with Gasteiger partial charge < -0.3 is 23.7 Å². The van der Waals surface area contributed by atoms with Gasteiger partial charge in [0.2, 0.25) is 0 Å². The van der Waals surface area contributed by atoms with Gasteiger partial charge in [-0.05, 0) is 31.5 Å². The van der Waals surface area contributed by atoms with E-state index in [4.69, 9.17) is 18.6 Å². The van der Waals surface area contributed by atoms with Crippen molar-refractivity contribution in [3.63, 3.8) is 0 Å². The average Bonchev–Trinajstić information content (AvgIpc) is 3.06. The lowest BCUT2D eigenvalue weighted by Gasteiger charge is -2.49. The molecule has 0 amide bonds. The molecule has 0 aromatic carbocycles. The maximum atomic E-state index is 12.8. The predicted octanol–water partition coefficient (Wildman–Crippen LogP) is 2.99. The lowest BCUT2D eigenvalue weighted by molar-refractivity contribution is -0.215. The third kappa shape index (κ3) is 4.29. The summed E-state index contributed by atoms with van der Waals surface area (Å²) >= 11 is 0. The van der Waals surface area contributed by atoms with Crippen LogP contribution >= 0.6 is 0 Å². The van der Waals surface area contributed by atoms with Crippen LogP contribution in [0.2, 0.25) is 18.1 Å². The summed E-state index contributed by atoms with van der Waals surface area (Å²) in [5, 5.41) is 20.2. The highest BCUT2D eigenvalue weighted by molar-refractivity contribution is 6.74. The van der Waals surface area contributed by atoms with Crippen molar-refractivity contribution in [2.75, 3.05) is 26.4 Å². The standard InChI is InChI=1S/C20H35NO6Si/c1-7-24-17(23)19(13-21,14-22)15-12-20(25-10-11-26-20)9-8-16(15)27-28(5,6)18(2,3)4/h15-16,22H,7-12,14H2,1-6H3/t15-,16+,19?/m1/s1. The Morgan fingerprint density at radius 1 is 1.32 bits per heavy atom. The number of nitrogens with zero attached hydrogens (tertiary/aromatic N) is 1. The number of ether oxygens (including phenoxy) is 3. The highest BCUT2D eigenvalue weighted by atomic mass is 28.4. The molecule has 2 fully saturated rings. The Kier molecular flexibility index (Phi) is 6.99. The van der Waals surface area contributed by atoms with Gasteiger partial charge >= 0.3 is 5.97 Å². The highest BCUT2D eigenvalue weighted by Crippen LogP contribution is 2.49. The molecule has 1 heterocycles. The number of aliphatic hydroxyl groups excluding tert-OH is 1. The van der Waals surface area contributed by atoms with Crippen molar-refractivity contribution in [3.05, 3.63) is 0 Å². The molecule has 1 saturated carbocycles. The molecule has 1 aliphatic heterocycles. The van der Waals surface area contributed by atoms with Gasteiger partial charge in [-0.25, -0.2) is 0 Å². The van der Waals surface area contributed by atoms with Crippen molar-refractivity contribution >= 4 is 14.3 Å². The lowest BCUT2D eigenvalue weighted by Crippen LogP contribution is -2.57. The van der Waals surface area contributed by atoms with Crippen LogP contribution in [-0.4, -0.2) is 57.7 Å². The highest BCUT2D eigenvalue weighted by Gasteiger charge is 2.58. The number of esters is 1. The Hall–Kier alpha value is -0.983. The summed E-state index contributed by atoms with van der Waals surface area (Å²) in [6.07, 6.45) is 1.20. The van der Waals surface area contributed by atoms with Gasteiger partial charge in [-0.3, -0.25) is 4.79 Å². The fourth-order valence-corrected chi connectivity index (χ4v) is 5.23. The van der Waals surface area contributed by atoms with E-state index in [1.807, 2.05) is 0 Å². The lowest BCUT2D eigenvalue weighted by atomic mass is 9.66. The van der Waals surface area contributed by atoms with Crippen LogP contribution in [0, 0.1) is 22.7 Å². The van der Waals surface area contributed by atoms with Gasteiger partial charge in [-0.1, -0.05) is 20.8 Å². The number of hydrogen-bond acceptors (Lipinski definition) is 7. The van der Waals surface area contributed by atoms with Gasteiger partial charge in [0.25, 0.3) is 0 Å². The topological polar surface area (TPSA) is 98.0 Å². The Morgan fingerprint density at radius 2 is 1.93 bits per heavy atom. The molecule has 0 bridgehead atoms. The summed E-state index contributed by atoms with van der Waals surface area (Å²) in [4.78, 5) is 12.8. The molecule has 0 radical (unpaired) electrons. The summed E-state index contributed by atoms with van der Waals surface area (Å²) in [6, 6.07) is 2.08. The van der Waals surface area contributed by atoms with Crippen molar-refractivity contribution < 1.29 is 28.5 Å². The van der Waals surface area contributed by atoms with Gasteiger partial charge in [0.15, 0.2) is 19.5 Å². The molecule has 1 N–H and O–H groups in total. The van der Waals surface area contributed by atoms with Crippen LogP contribution < -0.4 is 0 Å². The first kappa shape index (κ1) is 23.3. The van der Waals surface area contributed by atoms with Gasteiger partial charge in [-0.2, -0.15) is 5.26 Å². The third-order valence-corrected chi connectivity index (χ3v) is 11.1. The van der Waals surface area contributed by atoms with E-state index in [-0.39, 0.29) is 17.7 Å². The average molecular weight is 414 g/mol. The Balaban J connectivity index is 2.43. The maximum absolute atomic E-state index is 12.8. The number of hydrogen-bond donors (Lipinski definition) is 1. The zero-order valence-electron chi connectivity index (χ0n) is 18.0. The summed E-state index contributed by atoms with van der Waals surface area (Å²) in [6.45, 7) is 12.9. The first-order chi connectivity index (χ1) is 13.0. The zero-order valence-corrected chi connectivity index (χ0v) is 19.0. The minimum atomic E-state index is -2.17. The largest absolute Gasteiger partial charge is 0.465 e. The number of rotatable bonds is 6. The van der Waals surface area contributed by atoms with Crippen LogP contribution in [0.1, 0.15) is 47.0 Å². The fraction of sp³-hybridized carbons (Fsp3) is 0.900. The molecule has 1 aliphatic carbocycles. The first-order valence-corrected chi connectivity index (χ1v) is 13.0. The van der Waals surface area contributed by atoms with Crippen molar-refractivity contribution in [3.8, 4) is 6.07 Å². The molecule has 2 rings (SSSR count). The molecule has 7 nitrogen and oxygen atoms in total. The monoisotopic (exact) mass is 413 g/mol. The maximum Gasteiger partial charge on any atom is 0.329 e. The fourth-order valence-electron chi connectivity index (χ4n) is 3.84. The summed E-state index contributed by atoms with van der Waals surface area (Å²) < 4.78 is 23.6. The first-order valence-electron chi connectivity index (χ1n) is 10.1. The molecule has 8 heteroatoms. The molecule has 1 unspecified atom stereocenters. The van der Waals surface area contributed by atoms with E-state index in [9.17, 15) is 15.2 Å². The van der Waals surface area contributed by atoms with E-state index < -0.39 is 38.0 Å². The molecule has 0 aromatic rings. The second-order valence-electron chi connectivity index (χ2n) is 9.34. The van der Waals surface area contributed by atoms with E-state index in [2.05, 4.69) is 39.9 Å². The molecular weight excluding hydrogens is 378 g/mol. The Bertz CT molecular complexity index is 605. The second kappa shape index (κ2) is 8.40. The molecule has 1 saturated heterocycles. The van der Waals surface area contributed by atoms with E-state index in [1.54, 1.807) is 6.92 Å². The smallest absolute Gasteiger partial charge is 0.329 e. The van der Waals surface area contributed by atoms with Crippen molar-refractivity contribution in [1.29, 1.82) is 5.26 Å². The number of carbonyl (C=O) groups is 1. The molecule has 1 spiro atoms.